The van der Waals surface area contributed by atoms with E-state index in [0.29, 0.717) is 0 Å². The molecular weight excluding hydrogens is 765 g/mol. The van der Waals surface area contributed by atoms with E-state index in [0.717, 1.165) is 72.5 Å². The predicted octanol–water partition coefficient (Wildman–Crippen LogP) is 16.8. The molecule has 0 radical (unpaired) electrons. The summed E-state index contributed by atoms with van der Waals surface area (Å²) in [6, 6.07) is 87.3. The molecule has 10 aromatic carbocycles. The Morgan fingerprint density at radius 1 is 0.317 bits per heavy atom. The number of anilines is 3. The van der Waals surface area contributed by atoms with Crippen LogP contribution in [0.15, 0.2) is 247 Å². The molecule has 63 heavy (non-hydrogen) atoms. The second-order valence-corrected chi connectivity index (χ2v) is 16.1. The van der Waals surface area contributed by atoms with Crippen molar-refractivity contribution in [1.29, 1.82) is 0 Å². The number of nitrogens with zero attached hydrogens (tertiary/aromatic N) is 2. The Morgan fingerprint density at radius 2 is 0.889 bits per heavy atom. The van der Waals surface area contributed by atoms with Gasteiger partial charge in [0.15, 0.2) is 0 Å². The SMILES string of the molecule is c1ccc(-c2ccccc2-c2c(-c3ccccc3)cccc2N(c2ccc(-c3ccc4c(c3)oc3ccccc34)cc2)c2ccc3c(c2)c2ccccc2n3-c2ccccc2)cc1. The van der Waals surface area contributed by atoms with E-state index in [4.69, 9.17) is 4.42 Å². The van der Waals surface area contributed by atoms with E-state index in [1.165, 1.54) is 38.5 Å². The first-order valence-corrected chi connectivity index (χ1v) is 21.5. The van der Waals surface area contributed by atoms with Crippen molar-refractivity contribution in [3.63, 3.8) is 0 Å². The summed E-state index contributed by atoms with van der Waals surface area (Å²) < 4.78 is 8.70. The van der Waals surface area contributed by atoms with E-state index in [2.05, 4.69) is 240 Å². The Hall–Kier alpha value is -8.40. The summed E-state index contributed by atoms with van der Waals surface area (Å²) in [7, 11) is 0. The number of benzene rings is 10. The molecular formula is C60H40N2O. The zero-order valence-electron chi connectivity index (χ0n) is 34.4. The molecule has 0 fully saturated rings. The molecule has 0 bridgehead atoms. The zero-order valence-corrected chi connectivity index (χ0v) is 34.4. The van der Waals surface area contributed by atoms with Gasteiger partial charge >= 0.3 is 0 Å². The molecule has 0 unspecified atom stereocenters. The molecule has 3 nitrogen and oxygen atoms in total. The van der Waals surface area contributed by atoms with Crippen LogP contribution in [-0.2, 0) is 0 Å². The predicted molar refractivity (Wildman–Crippen MR) is 264 cm³/mol. The zero-order chi connectivity index (χ0) is 41.7. The second-order valence-electron chi connectivity index (χ2n) is 16.1. The quantitative estimate of drug-likeness (QED) is 0.153. The van der Waals surface area contributed by atoms with Crippen molar-refractivity contribution in [3.8, 4) is 50.2 Å². The summed E-state index contributed by atoms with van der Waals surface area (Å²) in [4.78, 5) is 2.45. The normalized spacial score (nSPS) is 11.5. The largest absolute Gasteiger partial charge is 0.456 e. The Bertz CT molecular complexity index is 3600. The average molecular weight is 805 g/mol. The minimum atomic E-state index is 0.891. The number of rotatable bonds is 8. The summed E-state index contributed by atoms with van der Waals surface area (Å²) in [5.74, 6) is 0. The van der Waals surface area contributed by atoms with Crippen LogP contribution < -0.4 is 4.90 Å². The number of hydrogen-bond donors (Lipinski definition) is 0. The van der Waals surface area contributed by atoms with E-state index in [-0.39, 0.29) is 0 Å². The monoisotopic (exact) mass is 804 g/mol. The van der Waals surface area contributed by atoms with Crippen molar-refractivity contribution in [2.45, 2.75) is 0 Å². The summed E-state index contributed by atoms with van der Waals surface area (Å²) in [6.45, 7) is 0. The van der Waals surface area contributed by atoms with Gasteiger partial charge in [-0.1, -0.05) is 170 Å². The minimum Gasteiger partial charge on any atom is -0.456 e. The third kappa shape index (κ3) is 6.29. The highest BCUT2D eigenvalue weighted by Gasteiger charge is 2.24. The van der Waals surface area contributed by atoms with Crippen LogP contribution in [0.3, 0.4) is 0 Å². The summed E-state index contributed by atoms with van der Waals surface area (Å²) in [5, 5.41) is 4.67. The number of aromatic nitrogens is 1. The molecule has 2 heterocycles. The third-order valence-electron chi connectivity index (χ3n) is 12.4. The maximum atomic E-state index is 6.32. The van der Waals surface area contributed by atoms with Crippen molar-refractivity contribution in [2.24, 2.45) is 0 Å². The molecule has 0 spiro atoms. The summed E-state index contributed by atoms with van der Waals surface area (Å²) in [6.07, 6.45) is 0. The fourth-order valence-corrected chi connectivity index (χ4v) is 9.53. The molecule has 0 aliphatic carbocycles. The van der Waals surface area contributed by atoms with Crippen LogP contribution in [0.1, 0.15) is 0 Å². The molecule has 0 N–H and O–H groups in total. The highest BCUT2D eigenvalue weighted by Crippen LogP contribution is 2.49. The molecule has 0 aliphatic rings. The van der Waals surface area contributed by atoms with Gasteiger partial charge in [0.05, 0.1) is 16.7 Å². The van der Waals surface area contributed by atoms with Crippen molar-refractivity contribution in [3.05, 3.63) is 243 Å². The fourth-order valence-electron chi connectivity index (χ4n) is 9.53. The first-order chi connectivity index (χ1) is 31.3. The maximum absolute atomic E-state index is 6.32. The molecule has 0 aliphatic heterocycles. The Kier molecular flexibility index (Phi) is 8.83. The number of para-hydroxylation sites is 3. The van der Waals surface area contributed by atoms with Crippen LogP contribution in [-0.4, -0.2) is 4.57 Å². The first kappa shape index (κ1) is 36.5. The van der Waals surface area contributed by atoms with Crippen LogP contribution in [0, 0.1) is 0 Å². The van der Waals surface area contributed by atoms with E-state index >= 15 is 0 Å². The van der Waals surface area contributed by atoms with Gasteiger partial charge < -0.3 is 13.9 Å². The average Bonchev–Trinajstić information content (AvgIpc) is 3.90. The third-order valence-corrected chi connectivity index (χ3v) is 12.4. The van der Waals surface area contributed by atoms with Gasteiger partial charge in [0.25, 0.3) is 0 Å². The molecule has 2 aromatic heterocycles. The standard InChI is InChI=1S/C60H40N2O/c1-4-17-42(18-5-1)48-23-10-11-26-53(48)60-49(43-19-6-2-7-20-43)27-16-29-57(60)61(46-34-31-41(32-35-46)44-33-37-52-51-25-13-15-30-58(51)63-59(52)39-44)47-36-38-56-54(40-47)50-24-12-14-28-55(50)62(56)45-21-8-3-9-22-45/h1-40H. The van der Waals surface area contributed by atoms with E-state index in [1.807, 2.05) is 12.1 Å². The lowest BCUT2D eigenvalue weighted by molar-refractivity contribution is 0.669. The van der Waals surface area contributed by atoms with Crippen LogP contribution in [0.4, 0.5) is 17.1 Å². The Balaban J connectivity index is 1.10. The molecule has 0 saturated heterocycles. The highest BCUT2D eigenvalue weighted by atomic mass is 16.3. The van der Waals surface area contributed by atoms with Crippen molar-refractivity contribution < 1.29 is 4.42 Å². The first-order valence-electron chi connectivity index (χ1n) is 21.5. The second kappa shape index (κ2) is 15.3. The van der Waals surface area contributed by atoms with E-state index < -0.39 is 0 Å². The molecule has 12 rings (SSSR count). The van der Waals surface area contributed by atoms with E-state index in [1.54, 1.807) is 0 Å². The Morgan fingerprint density at radius 3 is 1.67 bits per heavy atom. The smallest absolute Gasteiger partial charge is 0.136 e. The van der Waals surface area contributed by atoms with Gasteiger partial charge in [-0.2, -0.15) is 0 Å². The van der Waals surface area contributed by atoms with Gasteiger partial charge in [-0.3, -0.25) is 0 Å². The van der Waals surface area contributed by atoms with Crippen molar-refractivity contribution >= 4 is 60.8 Å². The fraction of sp³-hybridized carbons (Fsp3) is 0. The van der Waals surface area contributed by atoms with Crippen LogP contribution >= 0.6 is 0 Å². The van der Waals surface area contributed by atoms with Gasteiger partial charge in [0.1, 0.15) is 11.2 Å². The number of fused-ring (bicyclic) bond motifs is 6. The number of hydrogen-bond acceptors (Lipinski definition) is 2. The number of furan rings is 1. The lowest BCUT2D eigenvalue weighted by atomic mass is 9.87. The van der Waals surface area contributed by atoms with Crippen LogP contribution in [0.5, 0.6) is 0 Å². The summed E-state index contributed by atoms with van der Waals surface area (Å²) in [5.41, 5.74) is 17.7. The molecule has 0 saturated carbocycles. The lowest BCUT2D eigenvalue weighted by Crippen LogP contribution is -2.12. The lowest BCUT2D eigenvalue weighted by Gasteiger charge is -2.30. The summed E-state index contributed by atoms with van der Waals surface area (Å²) >= 11 is 0. The van der Waals surface area contributed by atoms with Gasteiger partial charge in [0, 0.05) is 44.2 Å². The van der Waals surface area contributed by atoms with Gasteiger partial charge in [-0.15, -0.1) is 0 Å². The van der Waals surface area contributed by atoms with Crippen LogP contribution in [0.2, 0.25) is 0 Å². The van der Waals surface area contributed by atoms with Crippen LogP contribution in [0.25, 0.3) is 93.9 Å². The molecule has 3 heteroatoms. The van der Waals surface area contributed by atoms with Gasteiger partial charge in [-0.05, 0) is 112 Å². The molecule has 0 amide bonds. The molecule has 12 aromatic rings. The maximum Gasteiger partial charge on any atom is 0.136 e. The van der Waals surface area contributed by atoms with Crippen molar-refractivity contribution in [2.75, 3.05) is 4.90 Å². The van der Waals surface area contributed by atoms with E-state index in [9.17, 15) is 0 Å². The van der Waals surface area contributed by atoms with Gasteiger partial charge in [0.2, 0.25) is 0 Å². The van der Waals surface area contributed by atoms with Gasteiger partial charge in [-0.25, -0.2) is 0 Å². The molecule has 0 atom stereocenters. The minimum absolute atomic E-state index is 0.891. The topological polar surface area (TPSA) is 21.3 Å². The Labute approximate surface area is 366 Å². The molecule has 296 valence electrons. The highest BCUT2D eigenvalue weighted by molar-refractivity contribution is 6.11. The van der Waals surface area contributed by atoms with Crippen molar-refractivity contribution in [1.82, 2.24) is 4.57 Å².